The molecule has 0 amide bonds. The minimum absolute atomic E-state index is 0.176. The molecule has 2 unspecified atom stereocenters. The van der Waals surface area contributed by atoms with Crippen molar-refractivity contribution in [1.82, 2.24) is 0 Å². The molecule has 0 aromatic heterocycles. The van der Waals surface area contributed by atoms with E-state index in [2.05, 4.69) is 13.8 Å². The van der Waals surface area contributed by atoms with Crippen LogP contribution in [0.5, 0.6) is 11.5 Å². The van der Waals surface area contributed by atoms with E-state index < -0.39 is 6.10 Å². The average Bonchev–Trinajstić information content (AvgIpc) is 2.64. The lowest BCUT2D eigenvalue weighted by molar-refractivity contribution is -0.0156. The van der Waals surface area contributed by atoms with Crippen molar-refractivity contribution in [1.29, 1.82) is 0 Å². The monoisotopic (exact) mass is 262 g/mol. The molecule has 1 saturated carbocycles. The zero-order valence-electron chi connectivity index (χ0n) is 11.9. The number of rotatable bonds is 1. The lowest BCUT2D eigenvalue weighted by Gasteiger charge is -2.39. The summed E-state index contributed by atoms with van der Waals surface area (Å²) in [5.41, 5.74) is 0.989. The van der Waals surface area contributed by atoms with Crippen molar-refractivity contribution in [2.45, 2.75) is 51.2 Å². The number of benzene rings is 1. The van der Waals surface area contributed by atoms with E-state index in [0.29, 0.717) is 11.8 Å². The second-order valence-electron chi connectivity index (χ2n) is 6.75. The Hall–Kier alpha value is -1.22. The topological polar surface area (TPSA) is 38.7 Å². The average molecular weight is 262 g/mol. The molecule has 0 radical (unpaired) electrons. The summed E-state index contributed by atoms with van der Waals surface area (Å²) in [7, 11) is 1.64. The molecule has 0 saturated heterocycles. The van der Waals surface area contributed by atoms with Crippen LogP contribution in [0.2, 0.25) is 0 Å². The number of hydrogen-bond acceptors (Lipinski definition) is 3. The Kier molecular flexibility index (Phi) is 2.79. The highest BCUT2D eigenvalue weighted by molar-refractivity contribution is 5.43. The highest BCUT2D eigenvalue weighted by atomic mass is 16.5. The number of hydrogen-bond donors (Lipinski definition) is 1. The molecule has 104 valence electrons. The number of aliphatic hydroxyl groups excluding tert-OH is 1. The molecule has 3 rings (SSSR count). The standard InChI is InChI=1S/C16H22O3/c1-15(2)6-7-16(10-15)9-13(17)12-8-11(18-3)4-5-14(12)19-16/h4-5,8,13,17H,6-7,9-10H2,1-3H3. The van der Waals surface area contributed by atoms with E-state index in [-0.39, 0.29) is 5.60 Å². The van der Waals surface area contributed by atoms with Crippen LogP contribution in [0.4, 0.5) is 0 Å². The van der Waals surface area contributed by atoms with Crippen molar-refractivity contribution in [3.63, 3.8) is 0 Å². The Morgan fingerprint density at radius 3 is 2.74 bits per heavy atom. The van der Waals surface area contributed by atoms with Gasteiger partial charge in [-0.3, -0.25) is 0 Å². The van der Waals surface area contributed by atoms with Crippen LogP contribution in [0.15, 0.2) is 18.2 Å². The van der Waals surface area contributed by atoms with Crippen LogP contribution >= 0.6 is 0 Å². The summed E-state index contributed by atoms with van der Waals surface area (Å²) >= 11 is 0. The predicted octanol–water partition coefficient (Wildman–Crippen LogP) is 3.46. The first-order chi connectivity index (χ1) is 8.93. The number of methoxy groups -OCH3 is 1. The predicted molar refractivity (Wildman–Crippen MR) is 73.6 cm³/mol. The molecule has 1 aromatic carbocycles. The van der Waals surface area contributed by atoms with Crippen molar-refractivity contribution < 1.29 is 14.6 Å². The summed E-state index contributed by atoms with van der Waals surface area (Å²) in [6.07, 6.45) is 3.44. The molecule has 1 aromatic rings. The fraction of sp³-hybridized carbons (Fsp3) is 0.625. The fourth-order valence-corrected chi connectivity index (χ4v) is 3.62. The number of ether oxygens (including phenoxy) is 2. The van der Waals surface area contributed by atoms with E-state index in [1.165, 1.54) is 0 Å². The normalized spacial score (nSPS) is 31.9. The molecule has 1 aliphatic heterocycles. The first-order valence-corrected chi connectivity index (χ1v) is 6.98. The van der Waals surface area contributed by atoms with Gasteiger partial charge in [-0.05, 0) is 42.9 Å². The molecule has 2 aliphatic rings. The van der Waals surface area contributed by atoms with Crippen molar-refractivity contribution >= 4 is 0 Å². The Labute approximate surface area is 114 Å². The first-order valence-electron chi connectivity index (χ1n) is 6.98. The third kappa shape index (κ3) is 2.20. The molecule has 3 nitrogen and oxygen atoms in total. The zero-order valence-corrected chi connectivity index (χ0v) is 11.9. The van der Waals surface area contributed by atoms with Gasteiger partial charge in [0.2, 0.25) is 0 Å². The van der Waals surface area contributed by atoms with Crippen molar-refractivity contribution in [3.8, 4) is 11.5 Å². The molecule has 1 heterocycles. The Bertz CT molecular complexity index is 495. The first kappa shape index (κ1) is 12.8. The van der Waals surface area contributed by atoms with Crippen LogP contribution in [0.25, 0.3) is 0 Å². The summed E-state index contributed by atoms with van der Waals surface area (Å²) in [6.45, 7) is 4.56. The summed E-state index contributed by atoms with van der Waals surface area (Å²) in [4.78, 5) is 0. The second kappa shape index (κ2) is 4.14. The van der Waals surface area contributed by atoms with Crippen LogP contribution in [-0.4, -0.2) is 17.8 Å². The van der Waals surface area contributed by atoms with E-state index in [1.807, 2.05) is 18.2 Å². The van der Waals surface area contributed by atoms with Crippen molar-refractivity contribution in [2.75, 3.05) is 7.11 Å². The van der Waals surface area contributed by atoms with Crippen LogP contribution in [0.3, 0.4) is 0 Å². The lowest BCUT2D eigenvalue weighted by atomic mass is 9.83. The Morgan fingerprint density at radius 2 is 2.11 bits per heavy atom. The smallest absolute Gasteiger partial charge is 0.126 e. The highest BCUT2D eigenvalue weighted by Gasteiger charge is 2.49. The van der Waals surface area contributed by atoms with E-state index in [0.717, 1.165) is 36.3 Å². The van der Waals surface area contributed by atoms with E-state index in [9.17, 15) is 5.11 Å². The summed E-state index contributed by atoms with van der Waals surface area (Å²) < 4.78 is 11.5. The van der Waals surface area contributed by atoms with Gasteiger partial charge in [-0.1, -0.05) is 13.8 Å². The van der Waals surface area contributed by atoms with Gasteiger partial charge in [-0.25, -0.2) is 0 Å². The van der Waals surface area contributed by atoms with Gasteiger partial charge in [-0.2, -0.15) is 0 Å². The van der Waals surface area contributed by atoms with Crippen molar-refractivity contribution in [3.05, 3.63) is 23.8 Å². The maximum Gasteiger partial charge on any atom is 0.126 e. The maximum atomic E-state index is 10.4. The maximum absolute atomic E-state index is 10.4. The van der Waals surface area contributed by atoms with Crippen LogP contribution in [0, 0.1) is 5.41 Å². The minimum atomic E-state index is -0.451. The molecule has 1 spiro atoms. The van der Waals surface area contributed by atoms with Gasteiger partial charge >= 0.3 is 0 Å². The molecule has 19 heavy (non-hydrogen) atoms. The van der Waals surface area contributed by atoms with Gasteiger partial charge in [-0.15, -0.1) is 0 Å². The molecule has 1 fully saturated rings. The quantitative estimate of drug-likeness (QED) is 0.842. The third-order valence-corrected chi connectivity index (χ3v) is 4.53. The van der Waals surface area contributed by atoms with Gasteiger partial charge in [0.25, 0.3) is 0 Å². The summed E-state index contributed by atoms with van der Waals surface area (Å²) in [5, 5.41) is 10.4. The van der Waals surface area contributed by atoms with Gasteiger partial charge in [0.15, 0.2) is 0 Å². The Balaban J connectivity index is 1.93. The fourth-order valence-electron chi connectivity index (χ4n) is 3.62. The largest absolute Gasteiger partial charge is 0.497 e. The Morgan fingerprint density at radius 1 is 1.32 bits per heavy atom. The third-order valence-electron chi connectivity index (χ3n) is 4.53. The van der Waals surface area contributed by atoms with Gasteiger partial charge in [0.1, 0.15) is 17.1 Å². The molecule has 1 N–H and O–H groups in total. The molecule has 3 heteroatoms. The summed E-state index contributed by atoms with van der Waals surface area (Å²) in [5.74, 6) is 1.58. The lowest BCUT2D eigenvalue weighted by Crippen LogP contribution is -2.39. The molecule has 2 atom stereocenters. The molecular weight excluding hydrogens is 240 g/mol. The minimum Gasteiger partial charge on any atom is -0.497 e. The molecular formula is C16H22O3. The van der Waals surface area contributed by atoms with Gasteiger partial charge < -0.3 is 14.6 Å². The zero-order chi connectivity index (χ0) is 13.7. The summed E-state index contributed by atoms with van der Waals surface area (Å²) in [6, 6.07) is 5.70. The van der Waals surface area contributed by atoms with Crippen molar-refractivity contribution in [2.24, 2.45) is 5.41 Å². The van der Waals surface area contributed by atoms with Gasteiger partial charge in [0, 0.05) is 12.0 Å². The second-order valence-corrected chi connectivity index (χ2v) is 6.75. The number of fused-ring (bicyclic) bond motifs is 1. The van der Waals surface area contributed by atoms with Crippen LogP contribution < -0.4 is 9.47 Å². The molecule has 1 aliphatic carbocycles. The van der Waals surface area contributed by atoms with E-state index in [1.54, 1.807) is 7.11 Å². The number of aliphatic hydroxyl groups is 1. The van der Waals surface area contributed by atoms with Crippen LogP contribution in [-0.2, 0) is 0 Å². The van der Waals surface area contributed by atoms with Crippen LogP contribution in [0.1, 0.15) is 51.2 Å². The van der Waals surface area contributed by atoms with E-state index in [4.69, 9.17) is 9.47 Å². The van der Waals surface area contributed by atoms with E-state index >= 15 is 0 Å². The van der Waals surface area contributed by atoms with Gasteiger partial charge in [0.05, 0.1) is 13.2 Å². The molecule has 0 bridgehead atoms. The highest BCUT2D eigenvalue weighted by Crippen LogP contribution is 2.53. The SMILES string of the molecule is COc1ccc2c(c1)C(O)CC1(CCC(C)(C)C1)O2.